The van der Waals surface area contributed by atoms with Gasteiger partial charge in [-0.25, -0.2) is 0 Å². The van der Waals surface area contributed by atoms with Gasteiger partial charge in [0.2, 0.25) is 0 Å². The summed E-state index contributed by atoms with van der Waals surface area (Å²) in [7, 11) is 0. The van der Waals surface area contributed by atoms with Crippen LogP contribution >= 0.6 is 0 Å². The van der Waals surface area contributed by atoms with E-state index >= 15 is 0 Å². The molecule has 1 aliphatic carbocycles. The maximum Gasteiger partial charge on any atom is 0.0762 e. The maximum atomic E-state index is 6.42. The molecular formula is C17H28N2O. The van der Waals surface area contributed by atoms with Gasteiger partial charge in [0.05, 0.1) is 11.7 Å². The van der Waals surface area contributed by atoms with Crippen molar-refractivity contribution in [3.63, 3.8) is 0 Å². The van der Waals surface area contributed by atoms with Gasteiger partial charge in [0.1, 0.15) is 0 Å². The molecule has 3 heteroatoms. The third-order valence-electron chi connectivity index (χ3n) is 4.91. The number of hydrogen-bond donors (Lipinski definition) is 1. The molecule has 1 unspecified atom stereocenters. The van der Waals surface area contributed by atoms with Crippen molar-refractivity contribution in [1.29, 1.82) is 0 Å². The molecule has 1 saturated heterocycles. The highest BCUT2D eigenvalue weighted by molar-refractivity contribution is 5.07. The first-order valence-corrected chi connectivity index (χ1v) is 8.34. The van der Waals surface area contributed by atoms with Crippen molar-refractivity contribution < 1.29 is 4.74 Å². The van der Waals surface area contributed by atoms with Crippen LogP contribution in [-0.2, 0) is 17.8 Å². The van der Waals surface area contributed by atoms with Crippen molar-refractivity contribution in [2.75, 3.05) is 6.54 Å². The van der Waals surface area contributed by atoms with E-state index in [4.69, 9.17) is 4.74 Å². The molecule has 0 aromatic carbocycles. The summed E-state index contributed by atoms with van der Waals surface area (Å²) in [5.74, 6) is 0. The molecule has 1 aliphatic heterocycles. The highest BCUT2D eigenvalue weighted by Crippen LogP contribution is 2.43. The summed E-state index contributed by atoms with van der Waals surface area (Å²) in [5.41, 5.74) is 1.65. The van der Waals surface area contributed by atoms with Crippen LogP contribution in [0.4, 0.5) is 0 Å². The van der Waals surface area contributed by atoms with Gasteiger partial charge in [0.15, 0.2) is 0 Å². The Morgan fingerprint density at radius 3 is 3.00 bits per heavy atom. The van der Waals surface area contributed by atoms with Gasteiger partial charge in [-0.2, -0.15) is 0 Å². The summed E-state index contributed by atoms with van der Waals surface area (Å²) in [4.78, 5) is 0. The summed E-state index contributed by atoms with van der Waals surface area (Å²) in [6.45, 7) is 5.30. The molecule has 1 aromatic heterocycles. The van der Waals surface area contributed by atoms with E-state index in [-0.39, 0.29) is 5.60 Å². The molecule has 1 aromatic rings. The molecule has 2 fully saturated rings. The second kappa shape index (κ2) is 6.31. The smallest absolute Gasteiger partial charge is 0.0762 e. The van der Waals surface area contributed by atoms with Gasteiger partial charge in [-0.15, -0.1) is 0 Å². The SMILES string of the molecule is CCCNCc1cccn1CC1CCC2(CCCC2)O1. The summed E-state index contributed by atoms with van der Waals surface area (Å²) in [5, 5.41) is 3.49. The van der Waals surface area contributed by atoms with Gasteiger partial charge in [0, 0.05) is 25.0 Å². The normalized spacial score (nSPS) is 24.8. The Morgan fingerprint density at radius 1 is 1.35 bits per heavy atom. The van der Waals surface area contributed by atoms with Gasteiger partial charge in [-0.1, -0.05) is 19.8 Å². The molecule has 0 radical (unpaired) electrons. The average Bonchev–Trinajstić information content (AvgIpc) is 3.16. The largest absolute Gasteiger partial charge is 0.370 e. The molecule has 0 amide bonds. The number of ether oxygens (including phenoxy) is 1. The molecule has 3 nitrogen and oxygen atoms in total. The van der Waals surface area contributed by atoms with Crippen molar-refractivity contribution in [3.05, 3.63) is 24.0 Å². The Balaban J connectivity index is 1.54. The lowest BCUT2D eigenvalue weighted by atomic mass is 9.98. The van der Waals surface area contributed by atoms with Gasteiger partial charge < -0.3 is 14.6 Å². The first-order chi connectivity index (χ1) is 9.81. The number of nitrogens with zero attached hydrogens (tertiary/aromatic N) is 1. The Labute approximate surface area is 122 Å². The fourth-order valence-electron chi connectivity index (χ4n) is 3.81. The van der Waals surface area contributed by atoms with Crippen LogP contribution in [-0.4, -0.2) is 22.8 Å². The van der Waals surface area contributed by atoms with Crippen LogP contribution < -0.4 is 5.32 Å². The van der Waals surface area contributed by atoms with Crippen LogP contribution in [0, 0.1) is 0 Å². The van der Waals surface area contributed by atoms with Crippen LogP contribution in [0.1, 0.15) is 57.6 Å². The van der Waals surface area contributed by atoms with Crippen molar-refractivity contribution in [1.82, 2.24) is 9.88 Å². The molecule has 0 bridgehead atoms. The van der Waals surface area contributed by atoms with Crippen LogP contribution in [0.15, 0.2) is 18.3 Å². The number of aromatic nitrogens is 1. The van der Waals surface area contributed by atoms with E-state index in [0.29, 0.717) is 6.10 Å². The van der Waals surface area contributed by atoms with Crippen LogP contribution in [0.3, 0.4) is 0 Å². The van der Waals surface area contributed by atoms with E-state index in [2.05, 4.69) is 35.1 Å². The number of hydrogen-bond acceptors (Lipinski definition) is 2. The van der Waals surface area contributed by atoms with Gasteiger partial charge >= 0.3 is 0 Å². The van der Waals surface area contributed by atoms with E-state index in [1.54, 1.807) is 0 Å². The third-order valence-corrected chi connectivity index (χ3v) is 4.91. The molecule has 2 aliphatic rings. The highest BCUT2D eigenvalue weighted by Gasteiger charge is 2.42. The van der Waals surface area contributed by atoms with Crippen molar-refractivity contribution in [2.45, 2.75) is 76.7 Å². The lowest BCUT2D eigenvalue weighted by Crippen LogP contribution is -2.27. The lowest BCUT2D eigenvalue weighted by molar-refractivity contribution is -0.0420. The predicted octanol–water partition coefficient (Wildman–Crippen LogP) is 3.48. The quantitative estimate of drug-likeness (QED) is 0.805. The van der Waals surface area contributed by atoms with E-state index in [1.165, 1.54) is 50.6 Å². The number of nitrogens with one attached hydrogen (secondary N) is 1. The molecule has 1 N–H and O–H groups in total. The zero-order valence-electron chi connectivity index (χ0n) is 12.7. The van der Waals surface area contributed by atoms with Crippen LogP contribution in [0.25, 0.3) is 0 Å². The van der Waals surface area contributed by atoms with Gasteiger partial charge in [-0.05, 0) is 50.8 Å². The van der Waals surface area contributed by atoms with E-state index in [0.717, 1.165) is 19.6 Å². The summed E-state index contributed by atoms with van der Waals surface area (Å²) >= 11 is 0. The minimum atomic E-state index is 0.262. The molecular weight excluding hydrogens is 248 g/mol. The number of rotatable bonds is 6. The summed E-state index contributed by atoms with van der Waals surface area (Å²) < 4.78 is 8.80. The summed E-state index contributed by atoms with van der Waals surface area (Å²) in [6.07, 6.45) is 11.6. The monoisotopic (exact) mass is 276 g/mol. The topological polar surface area (TPSA) is 26.2 Å². The Hall–Kier alpha value is -0.800. The second-order valence-electron chi connectivity index (χ2n) is 6.50. The zero-order valence-corrected chi connectivity index (χ0v) is 12.7. The Morgan fingerprint density at radius 2 is 2.20 bits per heavy atom. The van der Waals surface area contributed by atoms with Gasteiger partial charge in [0.25, 0.3) is 0 Å². The average molecular weight is 276 g/mol. The molecule has 1 atom stereocenters. The van der Waals surface area contributed by atoms with Crippen molar-refractivity contribution in [3.8, 4) is 0 Å². The van der Waals surface area contributed by atoms with E-state index in [9.17, 15) is 0 Å². The zero-order chi connectivity index (χ0) is 13.8. The van der Waals surface area contributed by atoms with Crippen LogP contribution in [0.2, 0.25) is 0 Å². The third kappa shape index (κ3) is 3.09. The van der Waals surface area contributed by atoms with Crippen molar-refractivity contribution in [2.24, 2.45) is 0 Å². The second-order valence-corrected chi connectivity index (χ2v) is 6.50. The lowest BCUT2D eigenvalue weighted by Gasteiger charge is -2.24. The molecule has 3 rings (SSSR count). The minimum absolute atomic E-state index is 0.262. The maximum absolute atomic E-state index is 6.42. The molecule has 20 heavy (non-hydrogen) atoms. The predicted molar refractivity (Wildman–Crippen MR) is 81.7 cm³/mol. The highest BCUT2D eigenvalue weighted by atomic mass is 16.5. The fraction of sp³-hybridized carbons (Fsp3) is 0.765. The molecule has 1 saturated carbocycles. The van der Waals surface area contributed by atoms with E-state index < -0.39 is 0 Å². The van der Waals surface area contributed by atoms with Gasteiger partial charge in [-0.3, -0.25) is 0 Å². The first kappa shape index (κ1) is 14.2. The first-order valence-electron chi connectivity index (χ1n) is 8.34. The Kier molecular flexibility index (Phi) is 4.47. The van der Waals surface area contributed by atoms with Crippen molar-refractivity contribution >= 4 is 0 Å². The molecule has 1 spiro atoms. The minimum Gasteiger partial charge on any atom is -0.370 e. The fourth-order valence-corrected chi connectivity index (χ4v) is 3.81. The molecule has 112 valence electrons. The standard InChI is InChI=1S/C17H28N2O/c1-2-11-18-13-15-6-5-12-19(15)14-16-7-10-17(20-16)8-3-4-9-17/h5-6,12,16,18H,2-4,7-11,13-14H2,1H3. The Bertz CT molecular complexity index is 420. The van der Waals surface area contributed by atoms with E-state index in [1.807, 2.05) is 0 Å². The molecule has 2 heterocycles. The van der Waals surface area contributed by atoms with Crippen LogP contribution in [0.5, 0.6) is 0 Å². The summed E-state index contributed by atoms with van der Waals surface area (Å²) in [6, 6.07) is 4.38.